The lowest BCUT2D eigenvalue weighted by molar-refractivity contribution is 0.275. The van der Waals surface area contributed by atoms with Crippen LogP contribution in [0.2, 0.25) is 0 Å². The first-order valence-electron chi connectivity index (χ1n) is 3.97. The van der Waals surface area contributed by atoms with Crippen molar-refractivity contribution in [1.29, 1.82) is 5.26 Å². The fraction of sp³-hybridized carbons (Fsp3) is 0.100. The van der Waals surface area contributed by atoms with Gasteiger partial charge in [-0.1, -0.05) is 0 Å². The fourth-order valence-electron chi connectivity index (χ4n) is 1.39. The van der Waals surface area contributed by atoms with Crippen LogP contribution in [0, 0.1) is 17.1 Å². The van der Waals surface area contributed by atoms with Crippen LogP contribution in [-0.4, -0.2) is 5.11 Å². The lowest BCUT2D eigenvalue weighted by atomic mass is 10.1. The van der Waals surface area contributed by atoms with Gasteiger partial charge in [0.05, 0.1) is 30.1 Å². The number of nitrogens with zero attached hydrogens (tertiary/aromatic N) is 1. The highest BCUT2D eigenvalue weighted by Gasteiger charge is 2.13. The number of aliphatic hydroxyl groups is 1. The molecule has 0 radical (unpaired) electrons. The van der Waals surface area contributed by atoms with E-state index in [9.17, 15) is 4.39 Å². The van der Waals surface area contributed by atoms with E-state index in [-0.39, 0.29) is 16.7 Å². The third-order valence-electron chi connectivity index (χ3n) is 2.07. The molecular weight excluding hydrogens is 185 g/mol. The van der Waals surface area contributed by atoms with Crippen molar-refractivity contribution < 1.29 is 13.9 Å². The second-order valence-electron chi connectivity index (χ2n) is 2.82. The number of nitriles is 1. The van der Waals surface area contributed by atoms with Crippen molar-refractivity contribution in [3.8, 4) is 6.07 Å². The maximum absolute atomic E-state index is 13.3. The zero-order valence-corrected chi connectivity index (χ0v) is 7.12. The number of furan rings is 1. The van der Waals surface area contributed by atoms with E-state index in [0.29, 0.717) is 5.39 Å². The van der Waals surface area contributed by atoms with Gasteiger partial charge >= 0.3 is 0 Å². The topological polar surface area (TPSA) is 57.2 Å². The van der Waals surface area contributed by atoms with Gasteiger partial charge in [0.15, 0.2) is 0 Å². The number of rotatable bonds is 1. The highest BCUT2D eigenvalue weighted by atomic mass is 19.1. The Labute approximate surface area is 79.0 Å². The highest BCUT2D eigenvalue weighted by molar-refractivity contribution is 5.86. The minimum atomic E-state index is -0.619. The summed E-state index contributed by atoms with van der Waals surface area (Å²) in [6.07, 6.45) is 1.37. The monoisotopic (exact) mass is 191 g/mol. The minimum absolute atomic E-state index is 0.0870. The SMILES string of the molecule is N#Cc1cc(F)c(CO)c2occc12. The van der Waals surface area contributed by atoms with Crippen LogP contribution in [0.4, 0.5) is 4.39 Å². The molecular formula is C10H6FNO2. The maximum Gasteiger partial charge on any atom is 0.143 e. The molecule has 2 aromatic rings. The van der Waals surface area contributed by atoms with E-state index in [1.54, 1.807) is 6.07 Å². The second kappa shape index (κ2) is 3.13. The van der Waals surface area contributed by atoms with Gasteiger partial charge in [-0.15, -0.1) is 0 Å². The fourth-order valence-corrected chi connectivity index (χ4v) is 1.39. The summed E-state index contributed by atoms with van der Waals surface area (Å²) in [5.74, 6) is -0.619. The summed E-state index contributed by atoms with van der Waals surface area (Å²) in [5, 5.41) is 18.2. The Morgan fingerprint density at radius 3 is 3.00 bits per heavy atom. The van der Waals surface area contributed by atoms with E-state index in [1.807, 2.05) is 6.07 Å². The summed E-state index contributed by atoms with van der Waals surface area (Å²) in [5.41, 5.74) is 0.538. The molecule has 0 aliphatic heterocycles. The van der Waals surface area contributed by atoms with Crippen molar-refractivity contribution in [2.75, 3.05) is 0 Å². The van der Waals surface area contributed by atoms with E-state index in [2.05, 4.69) is 0 Å². The number of aliphatic hydroxyl groups excluding tert-OH is 1. The van der Waals surface area contributed by atoms with E-state index in [0.717, 1.165) is 6.07 Å². The van der Waals surface area contributed by atoms with Crippen LogP contribution in [-0.2, 0) is 6.61 Å². The van der Waals surface area contributed by atoms with Crippen molar-refractivity contribution in [2.45, 2.75) is 6.61 Å². The summed E-state index contributed by atoms with van der Waals surface area (Å²) in [6.45, 7) is -0.443. The smallest absolute Gasteiger partial charge is 0.143 e. The zero-order chi connectivity index (χ0) is 10.1. The Kier molecular flexibility index (Phi) is 1.95. The molecule has 0 aliphatic carbocycles. The third-order valence-corrected chi connectivity index (χ3v) is 2.07. The van der Waals surface area contributed by atoms with Gasteiger partial charge in [0.2, 0.25) is 0 Å². The molecule has 1 aromatic carbocycles. The van der Waals surface area contributed by atoms with Crippen molar-refractivity contribution in [2.24, 2.45) is 0 Å². The quantitative estimate of drug-likeness (QED) is 0.749. The van der Waals surface area contributed by atoms with Crippen molar-refractivity contribution in [3.63, 3.8) is 0 Å². The summed E-state index contributed by atoms with van der Waals surface area (Å²) in [6, 6.07) is 4.54. The predicted molar refractivity (Wildman–Crippen MR) is 46.8 cm³/mol. The molecule has 1 aromatic heterocycles. The van der Waals surface area contributed by atoms with Crippen LogP contribution >= 0.6 is 0 Å². The van der Waals surface area contributed by atoms with Crippen LogP contribution < -0.4 is 0 Å². The third kappa shape index (κ3) is 1.07. The largest absolute Gasteiger partial charge is 0.464 e. The van der Waals surface area contributed by atoms with Crippen LogP contribution in [0.15, 0.2) is 22.8 Å². The first-order chi connectivity index (χ1) is 6.77. The minimum Gasteiger partial charge on any atom is -0.464 e. The van der Waals surface area contributed by atoms with Crippen molar-refractivity contribution in [1.82, 2.24) is 0 Å². The van der Waals surface area contributed by atoms with Crippen molar-refractivity contribution in [3.05, 3.63) is 35.3 Å². The molecule has 1 heterocycles. The number of benzene rings is 1. The Balaban J connectivity index is 2.90. The Hall–Kier alpha value is -1.86. The van der Waals surface area contributed by atoms with Crippen LogP contribution in [0.25, 0.3) is 11.0 Å². The average molecular weight is 191 g/mol. The summed E-state index contributed by atoms with van der Waals surface area (Å²) in [7, 11) is 0. The molecule has 0 amide bonds. The van der Waals surface area contributed by atoms with Crippen LogP contribution in [0.5, 0.6) is 0 Å². The molecule has 0 unspecified atom stereocenters. The molecule has 0 saturated heterocycles. The molecule has 1 N–H and O–H groups in total. The number of halogens is 1. The van der Waals surface area contributed by atoms with Gasteiger partial charge in [-0.3, -0.25) is 0 Å². The normalized spacial score (nSPS) is 10.4. The summed E-state index contributed by atoms with van der Waals surface area (Å²) in [4.78, 5) is 0. The van der Waals surface area contributed by atoms with E-state index in [1.165, 1.54) is 6.26 Å². The Bertz CT molecular complexity index is 525. The molecule has 0 fully saturated rings. The van der Waals surface area contributed by atoms with E-state index < -0.39 is 12.4 Å². The molecule has 0 aliphatic rings. The van der Waals surface area contributed by atoms with E-state index in [4.69, 9.17) is 14.8 Å². The van der Waals surface area contributed by atoms with Crippen molar-refractivity contribution >= 4 is 11.0 Å². The zero-order valence-electron chi connectivity index (χ0n) is 7.12. The molecule has 70 valence electrons. The summed E-state index contributed by atoms with van der Waals surface area (Å²) >= 11 is 0. The number of hydrogen-bond donors (Lipinski definition) is 1. The first-order valence-corrected chi connectivity index (χ1v) is 3.97. The molecule has 0 spiro atoms. The average Bonchev–Trinajstić information content (AvgIpc) is 2.65. The van der Waals surface area contributed by atoms with Gasteiger partial charge < -0.3 is 9.52 Å². The molecule has 3 nitrogen and oxygen atoms in total. The lowest BCUT2D eigenvalue weighted by Crippen LogP contribution is -1.92. The van der Waals surface area contributed by atoms with Gasteiger partial charge in [-0.2, -0.15) is 5.26 Å². The first kappa shape index (κ1) is 8.73. The van der Waals surface area contributed by atoms with Gasteiger partial charge in [0.25, 0.3) is 0 Å². The van der Waals surface area contributed by atoms with E-state index >= 15 is 0 Å². The molecule has 2 rings (SSSR count). The predicted octanol–water partition coefficient (Wildman–Crippen LogP) is 1.94. The molecule has 0 bridgehead atoms. The number of hydrogen-bond acceptors (Lipinski definition) is 3. The van der Waals surface area contributed by atoms with Gasteiger partial charge in [-0.05, 0) is 12.1 Å². The highest BCUT2D eigenvalue weighted by Crippen LogP contribution is 2.26. The Morgan fingerprint density at radius 1 is 1.57 bits per heavy atom. The number of fused-ring (bicyclic) bond motifs is 1. The van der Waals surface area contributed by atoms with Gasteiger partial charge in [0, 0.05) is 5.39 Å². The maximum atomic E-state index is 13.3. The van der Waals surface area contributed by atoms with Crippen LogP contribution in [0.3, 0.4) is 0 Å². The second-order valence-corrected chi connectivity index (χ2v) is 2.82. The lowest BCUT2D eigenvalue weighted by Gasteiger charge is -2.01. The molecule has 14 heavy (non-hydrogen) atoms. The summed E-state index contributed by atoms with van der Waals surface area (Å²) < 4.78 is 18.3. The molecule has 0 atom stereocenters. The Morgan fingerprint density at radius 2 is 2.36 bits per heavy atom. The molecule has 4 heteroatoms. The van der Waals surface area contributed by atoms with Crippen LogP contribution in [0.1, 0.15) is 11.1 Å². The molecule has 0 saturated carbocycles. The van der Waals surface area contributed by atoms with Gasteiger partial charge in [0.1, 0.15) is 11.4 Å². The van der Waals surface area contributed by atoms with Gasteiger partial charge in [-0.25, -0.2) is 4.39 Å². The standard InChI is InChI=1S/C10H6FNO2/c11-9-3-6(4-12)7-1-2-14-10(7)8(9)5-13/h1-3,13H,5H2.